The number of aromatic nitrogens is 1. The molecule has 5 nitrogen and oxygen atoms in total. The van der Waals surface area contributed by atoms with E-state index < -0.39 is 11.7 Å². The van der Waals surface area contributed by atoms with E-state index in [1.54, 1.807) is 26.0 Å². The standard InChI is InChI=1S/C16H16FN3O2/c1-10(2)15(21)19-13-6-7-14(18-9-13)20-16(22)11-4-3-5-12(17)8-11/h3-10H,1-2H3,(H,19,21)(H,18,20,22). The van der Waals surface area contributed by atoms with Crippen LogP contribution in [0.1, 0.15) is 24.2 Å². The van der Waals surface area contributed by atoms with Gasteiger partial charge in [0.25, 0.3) is 5.91 Å². The Bertz CT molecular complexity index is 684. The number of amides is 2. The quantitative estimate of drug-likeness (QED) is 0.911. The van der Waals surface area contributed by atoms with Crippen molar-refractivity contribution in [3.8, 4) is 0 Å². The summed E-state index contributed by atoms with van der Waals surface area (Å²) < 4.78 is 13.1. The van der Waals surface area contributed by atoms with Crippen LogP contribution in [0.4, 0.5) is 15.9 Å². The van der Waals surface area contributed by atoms with Gasteiger partial charge >= 0.3 is 0 Å². The van der Waals surface area contributed by atoms with Crippen LogP contribution in [-0.2, 0) is 4.79 Å². The molecule has 0 aliphatic heterocycles. The predicted molar refractivity (Wildman–Crippen MR) is 82.1 cm³/mol. The SMILES string of the molecule is CC(C)C(=O)Nc1ccc(NC(=O)c2cccc(F)c2)nc1. The van der Waals surface area contributed by atoms with Crippen molar-refractivity contribution in [2.45, 2.75) is 13.8 Å². The van der Waals surface area contributed by atoms with Gasteiger partial charge in [-0.25, -0.2) is 9.37 Å². The van der Waals surface area contributed by atoms with Gasteiger partial charge in [-0.2, -0.15) is 0 Å². The Morgan fingerprint density at radius 3 is 2.50 bits per heavy atom. The smallest absolute Gasteiger partial charge is 0.256 e. The zero-order chi connectivity index (χ0) is 16.1. The van der Waals surface area contributed by atoms with E-state index in [4.69, 9.17) is 0 Å². The molecule has 0 unspecified atom stereocenters. The summed E-state index contributed by atoms with van der Waals surface area (Å²) in [7, 11) is 0. The highest BCUT2D eigenvalue weighted by molar-refractivity contribution is 6.03. The molecule has 0 aliphatic rings. The van der Waals surface area contributed by atoms with Crippen LogP contribution in [0, 0.1) is 11.7 Å². The Morgan fingerprint density at radius 2 is 1.91 bits per heavy atom. The maximum absolute atomic E-state index is 13.1. The van der Waals surface area contributed by atoms with Crippen LogP contribution in [0.5, 0.6) is 0 Å². The first kappa shape index (κ1) is 15.6. The van der Waals surface area contributed by atoms with E-state index in [1.807, 2.05) is 0 Å². The third-order valence-corrected chi connectivity index (χ3v) is 2.88. The molecule has 2 N–H and O–H groups in total. The first-order valence-corrected chi connectivity index (χ1v) is 6.79. The van der Waals surface area contributed by atoms with Gasteiger partial charge in [-0.15, -0.1) is 0 Å². The summed E-state index contributed by atoms with van der Waals surface area (Å²) in [6.07, 6.45) is 1.45. The molecular formula is C16H16FN3O2. The molecule has 22 heavy (non-hydrogen) atoms. The lowest BCUT2D eigenvalue weighted by atomic mass is 10.2. The number of halogens is 1. The number of pyridine rings is 1. The molecule has 1 aromatic heterocycles. The summed E-state index contributed by atoms with van der Waals surface area (Å²) in [4.78, 5) is 27.5. The first-order valence-electron chi connectivity index (χ1n) is 6.79. The largest absolute Gasteiger partial charge is 0.325 e. The second-order valence-electron chi connectivity index (χ2n) is 5.04. The highest BCUT2D eigenvalue weighted by atomic mass is 19.1. The minimum absolute atomic E-state index is 0.113. The molecule has 0 aliphatic carbocycles. The van der Waals surface area contributed by atoms with Crippen LogP contribution in [0.25, 0.3) is 0 Å². The van der Waals surface area contributed by atoms with Crippen molar-refractivity contribution < 1.29 is 14.0 Å². The molecule has 0 atom stereocenters. The predicted octanol–water partition coefficient (Wildman–Crippen LogP) is 3.07. The molecule has 1 aromatic carbocycles. The van der Waals surface area contributed by atoms with Gasteiger partial charge in [0.1, 0.15) is 11.6 Å². The van der Waals surface area contributed by atoms with Crippen molar-refractivity contribution >= 4 is 23.3 Å². The van der Waals surface area contributed by atoms with Gasteiger partial charge in [-0.05, 0) is 30.3 Å². The second-order valence-corrected chi connectivity index (χ2v) is 5.04. The summed E-state index contributed by atoms with van der Waals surface area (Å²) in [6.45, 7) is 3.58. The Hall–Kier alpha value is -2.76. The lowest BCUT2D eigenvalue weighted by Gasteiger charge is -2.08. The third kappa shape index (κ3) is 4.12. The molecule has 6 heteroatoms. The van der Waals surface area contributed by atoms with Gasteiger partial charge in [-0.1, -0.05) is 19.9 Å². The molecule has 0 bridgehead atoms. The fourth-order valence-electron chi connectivity index (χ4n) is 1.65. The number of hydrogen-bond acceptors (Lipinski definition) is 3. The number of hydrogen-bond donors (Lipinski definition) is 2. The maximum atomic E-state index is 13.1. The van der Waals surface area contributed by atoms with Gasteiger partial charge in [-0.3, -0.25) is 9.59 Å². The molecule has 2 aromatic rings. The van der Waals surface area contributed by atoms with E-state index in [-0.39, 0.29) is 17.4 Å². The normalized spacial score (nSPS) is 10.4. The number of nitrogens with one attached hydrogen (secondary N) is 2. The van der Waals surface area contributed by atoms with Crippen LogP contribution < -0.4 is 10.6 Å². The van der Waals surface area contributed by atoms with Gasteiger partial charge < -0.3 is 10.6 Å². The number of carbonyl (C=O) groups is 2. The average molecular weight is 301 g/mol. The number of anilines is 2. The van der Waals surface area contributed by atoms with Gasteiger partial charge in [0, 0.05) is 11.5 Å². The van der Waals surface area contributed by atoms with E-state index in [0.29, 0.717) is 11.5 Å². The van der Waals surface area contributed by atoms with Gasteiger partial charge in [0.15, 0.2) is 0 Å². The number of benzene rings is 1. The van der Waals surface area contributed by atoms with E-state index in [9.17, 15) is 14.0 Å². The molecule has 0 radical (unpaired) electrons. The molecule has 0 fully saturated rings. The average Bonchev–Trinajstić information content (AvgIpc) is 2.49. The van der Waals surface area contributed by atoms with E-state index >= 15 is 0 Å². The minimum atomic E-state index is -0.479. The van der Waals surface area contributed by atoms with Crippen LogP contribution in [0.3, 0.4) is 0 Å². The highest BCUT2D eigenvalue weighted by Crippen LogP contribution is 2.12. The summed E-state index contributed by atoms with van der Waals surface area (Å²) in [5.74, 6) is -0.860. The molecule has 114 valence electrons. The zero-order valence-corrected chi connectivity index (χ0v) is 12.3. The van der Waals surface area contributed by atoms with E-state index in [1.165, 1.54) is 24.4 Å². The van der Waals surface area contributed by atoms with Gasteiger partial charge in [0.2, 0.25) is 5.91 Å². The maximum Gasteiger partial charge on any atom is 0.256 e. The number of rotatable bonds is 4. The fraction of sp³-hybridized carbons (Fsp3) is 0.188. The van der Waals surface area contributed by atoms with Crippen LogP contribution in [-0.4, -0.2) is 16.8 Å². The lowest BCUT2D eigenvalue weighted by Crippen LogP contribution is -2.18. The zero-order valence-electron chi connectivity index (χ0n) is 12.3. The molecular weight excluding hydrogens is 285 g/mol. The molecule has 1 heterocycles. The molecule has 0 spiro atoms. The van der Waals surface area contributed by atoms with Crippen molar-refractivity contribution in [1.82, 2.24) is 4.98 Å². The summed E-state index contributed by atoms with van der Waals surface area (Å²) in [5.41, 5.74) is 0.751. The van der Waals surface area contributed by atoms with E-state index in [2.05, 4.69) is 15.6 Å². The molecule has 2 amide bonds. The number of nitrogens with zero attached hydrogens (tertiary/aromatic N) is 1. The molecule has 2 rings (SSSR count). The van der Waals surface area contributed by atoms with E-state index in [0.717, 1.165) is 6.07 Å². The first-order chi connectivity index (χ1) is 10.5. The summed E-state index contributed by atoms with van der Waals surface area (Å²) in [6, 6.07) is 8.58. The van der Waals surface area contributed by atoms with Crippen LogP contribution in [0.15, 0.2) is 42.6 Å². The Kier molecular flexibility index (Phi) is 4.83. The fourth-order valence-corrected chi connectivity index (χ4v) is 1.65. The van der Waals surface area contributed by atoms with Crippen molar-refractivity contribution in [3.63, 3.8) is 0 Å². The summed E-state index contributed by atoms with van der Waals surface area (Å²) >= 11 is 0. The van der Waals surface area contributed by atoms with Crippen molar-refractivity contribution in [2.24, 2.45) is 5.92 Å². The Labute approximate surface area is 127 Å². The highest BCUT2D eigenvalue weighted by Gasteiger charge is 2.09. The lowest BCUT2D eigenvalue weighted by molar-refractivity contribution is -0.118. The second kappa shape index (κ2) is 6.80. The van der Waals surface area contributed by atoms with Crippen LogP contribution in [0.2, 0.25) is 0 Å². The Balaban J connectivity index is 2.02. The monoisotopic (exact) mass is 301 g/mol. The molecule has 0 saturated heterocycles. The number of carbonyl (C=O) groups excluding carboxylic acids is 2. The molecule has 0 saturated carbocycles. The third-order valence-electron chi connectivity index (χ3n) is 2.88. The van der Waals surface area contributed by atoms with Crippen molar-refractivity contribution in [2.75, 3.05) is 10.6 Å². The van der Waals surface area contributed by atoms with Crippen molar-refractivity contribution in [1.29, 1.82) is 0 Å². The topological polar surface area (TPSA) is 71.1 Å². The Morgan fingerprint density at radius 1 is 1.14 bits per heavy atom. The summed E-state index contributed by atoms with van der Waals surface area (Å²) in [5, 5.41) is 5.26. The van der Waals surface area contributed by atoms with Gasteiger partial charge in [0.05, 0.1) is 11.9 Å². The van der Waals surface area contributed by atoms with Crippen molar-refractivity contribution in [3.05, 3.63) is 54.0 Å². The van der Waals surface area contributed by atoms with Crippen LogP contribution >= 0.6 is 0 Å². The minimum Gasteiger partial charge on any atom is -0.325 e.